The lowest BCUT2D eigenvalue weighted by atomic mass is 10.1. The van der Waals surface area contributed by atoms with Crippen molar-refractivity contribution in [1.29, 1.82) is 0 Å². The molecule has 2 rings (SSSR count). The first-order valence-electron chi connectivity index (χ1n) is 6.82. The molecular formula is C17H20N2OS. The predicted octanol–water partition coefficient (Wildman–Crippen LogP) is 3.92. The molecule has 0 spiro atoms. The fraction of sp³-hybridized carbons (Fsp3) is 0.235. The smallest absolute Gasteiger partial charge is 0.234 e. The topological polar surface area (TPSA) is 55.1 Å². The van der Waals surface area contributed by atoms with Gasteiger partial charge in [-0.2, -0.15) is 0 Å². The molecule has 3 nitrogen and oxygen atoms in total. The van der Waals surface area contributed by atoms with Gasteiger partial charge in [0.1, 0.15) is 0 Å². The van der Waals surface area contributed by atoms with Gasteiger partial charge in [0.2, 0.25) is 5.91 Å². The number of thioether (sulfide) groups is 1. The summed E-state index contributed by atoms with van der Waals surface area (Å²) in [6.45, 7) is 6.10. The molecule has 110 valence electrons. The molecule has 0 bridgehead atoms. The van der Waals surface area contributed by atoms with E-state index in [4.69, 9.17) is 5.73 Å². The molecule has 0 unspecified atom stereocenters. The van der Waals surface area contributed by atoms with Crippen molar-refractivity contribution in [1.82, 2.24) is 0 Å². The van der Waals surface area contributed by atoms with Crippen LogP contribution in [-0.4, -0.2) is 11.7 Å². The Kier molecular flexibility index (Phi) is 4.91. The first-order valence-corrected chi connectivity index (χ1v) is 7.80. The molecule has 0 radical (unpaired) electrons. The van der Waals surface area contributed by atoms with Crippen LogP contribution in [0.4, 0.5) is 11.4 Å². The van der Waals surface area contributed by atoms with Crippen LogP contribution in [0.3, 0.4) is 0 Å². The lowest BCUT2D eigenvalue weighted by molar-refractivity contribution is -0.113. The monoisotopic (exact) mass is 300 g/mol. The van der Waals surface area contributed by atoms with Gasteiger partial charge in [-0.15, -0.1) is 11.8 Å². The SMILES string of the molecule is Cc1ccc(SCC(=O)Nc2ccc(C)c(N)c2)cc1C. The lowest BCUT2D eigenvalue weighted by Crippen LogP contribution is -2.14. The zero-order valence-electron chi connectivity index (χ0n) is 12.6. The minimum absolute atomic E-state index is 0.0264. The zero-order valence-corrected chi connectivity index (χ0v) is 13.4. The Morgan fingerprint density at radius 3 is 2.43 bits per heavy atom. The fourth-order valence-electron chi connectivity index (χ4n) is 1.87. The van der Waals surface area contributed by atoms with E-state index in [2.05, 4.69) is 31.3 Å². The van der Waals surface area contributed by atoms with Crippen LogP contribution in [0.5, 0.6) is 0 Å². The fourth-order valence-corrected chi connectivity index (χ4v) is 2.66. The molecule has 21 heavy (non-hydrogen) atoms. The predicted molar refractivity (Wildman–Crippen MR) is 90.9 cm³/mol. The summed E-state index contributed by atoms with van der Waals surface area (Å²) in [6.07, 6.45) is 0. The van der Waals surface area contributed by atoms with Crippen molar-refractivity contribution in [2.24, 2.45) is 0 Å². The average molecular weight is 300 g/mol. The Morgan fingerprint density at radius 2 is 1.76 bits per heavy atom. The highest BCUT2D eigenvalue weighted by Gasteiger charge is 2.05. The number of nitrogens with two attached hydrogens (primary N) is 1. The molecule has 2 aromatic carbocycles. The summed E-state index contributed by atoms with van der Waals surface area (Å²) in [5, 5.41) is 2.87. The quantitative estimate of drug-likeness (QED) is 0.664. The van der Waals surface area contributed by atoms with E-state index in [1.54, 1.807) is 6.07 Å². The van der Waals surface area contributed by atoms with Gasteiger partial charge in [0.05, 0.1) is 5.75 Å². The third kappa shape index (κ3) is 4.26. The van der Waals surface area contributed by atoms with Gasteiger partial charge in [-0.3, -0.25) is 4.79 Å². The van der Waals surface area contributed by atoms with Crippen LogP contribution < -0.4 is 11.1 Å². The molecule has 0 aliphatic rings. The van der Waals surface area contributed by atoms with E-state index in [0.717, 1.165) is 16.1 Å². The molecule has 1 amide bonds. The Balaban J connectivity index is 1.92. The van der Waals surface area contributed by atoms with Crippen molar-refractivity contribution in [2.75, 3.05) is 16.8 Å². The molecule has 0 aliphatic heterocycles. The number of carbonyl (C=O) groups excluding carboxylic acids is 1. The largest absolute Gasteiger partial charge is 0.398 e. The molecule has 0 aliphatic carbocycles. The van der Waals surface area contributed by atoms with Crippen LogP contribution in [0.1, 0.15) is 16.7 Å². The summed E-state index contributed by atoms with van der Waals surface area (Å²) in [6, 6.07) is 11.8. The Morgan fingerprint density at radius 1 is 1.05 bits per heavy atom. The number of amides is 1. The summed E-state index contributed by atoms with van der Waals surface area (Å²) in [4.78, 5) is 13.1. The second-order valence-electron chi connectivity index (χ2n) is 5.15. The van der Waals surface area contributed by atoms with E-state index < -0.39 is 0 Å². The van der Waals surface area contributed by atoms with Crippen molar-refractivity contribution in [3.63, 3.8) is 0 Å². The summed E-state index contributed by atoms with van der Waals surface area (Å²) < 4.78 is 0. The van der Waals surface area contributed by atoms with Crippen LogP contribution in [0.15, 0.2) is 41.3 Å². The molecule has 0 atom stereocenters. The number of carbonyl (C=O) groups is 1. The first kappa shape index (κ1) is 15.4. The maximum atomic E-state index is 12.0. The van der Waals surface area contributed by atoms with E-state index in [1.807, 2.05) is 25.1 Å². The Labute approximate surface area is 129 Å². The van der Waals surface area contributed by atoms with Crippen LogP contribution in [0, 0.1) is 20.8 Å². The molecular weight excluding hydrogens is 280 g/mol. The summed E-state index contributed by atoms with van der Waals surface area (Å²) >= 11 is 1.53. The number of aryl methyl sites for hydroxylation is 3. The second kappa shape index (κ2) is 6.68. The van der Waals surface area contributed by atoms with Crippen molar-refractivity contribution in [3.05, 3.63) is 53.1 Å². The van der Waals surface area contributed by atoms with Crippen molar-refractivity contribution >= 4 is 29.0 Å². The zero-order chi connectivity index (χ0) is 15.4. The number of hydrogen-bond donors (Lipinski definition) is 2. The highest BCUT2D eigenvalue weighted by atomic mass is 32.2. The maximum absolute atomic E-state index is 12.0. The maximum Gasteiger partial charge on any atom is 0.234 e. The molecule has 3 N–H and O–H groups in total. The molecule has 0 heterocycles. The molecule has 4 heteroatoms. The van der Waals surface area contributed by atoms with E-state index in [9.17, 15) is 4.79 Å². The Hall–Kier alpha value is -1.94. The minimum atomic E-state index is -0.0264. The van der Waals surface area contributed by atoms with E-state index in [1.165, 1.54) is 22.9 Å². The van der Waals surface area contributed by atoms with Gasteiger partial charge >= 0.3 is 0 Å². The van der Waals surface area contributed by atoms with Crippen molar-refractivity contribution in [3.8, 4) is 0 Å². The van der Waals surface area contributed by atoms with Gasteiger partial charge in [0.25, 0.3) is 0 Å². The van der Waals surface area contributed by atoms with Gasteiger partial charge in [0, 0.05) is 16.3 Å². The molecule has 0 aromatic heterocycles. The van der Waals surface area contributed by atoms with Crippen LogP contribution in [0.2, 0.25) is 0 Å². The lowest BCUT2D eigenvalue weighted by Gasteiger charge is -2.08. The Bertz CT molecular complexity index is 668. The highest BCUT2D eigenvalue weighted by molar-refractivity contribution is 8.00. The van der Waals surface area contributed by atoms with Crippen LogP contribution in [-0.2, 0) is 4.79 Å². The van der Waals surface area contributed by atoms with E-state index in [-0.39, 0.29) is 5.91 Å². The number of benzene rings is 2. The molecule has 0 saturated heterocycles. The molecule has 0 saturated carbocycles. The normalized spacial score (nSPS) is 10.4. The number of hydrogen-bond acceptors (Lipinski definition) is 3. The highest BCUT2D eigenvalue weighted by Crippen LogP contribution is 2.22. The third-order valence-electron chi connectivity index (χ3n) is 3.41. The molecule has 2 aromatic rings. The van der Waals surface area contributed by atoms with E-state index in [0.29, 0.717) is 11.4 Å². The van der Waals surface area contributed by atoms with E-state index >= 15 is 0 Å². The summed E-state index contributed by atoms with van der Waals surface area (Å²) in [5.41, 5.74) is 10.8. The number of rotatable bonds is 4. The third-order valence-corrected chi connectivity index (χ3v) is 4.41. The second-order valence-corrected chi connectivity index (χ2v) is 6.20. The number of anilines is 2. The van der Waals surface area contributed by atoms with Crippen molar-refractivity contribution < 1.29 is 4.79 Å². The van der Waals surface area contributed by atoms with Crippen molar-refractivity contribution in [2.45, 2.75) is 25.7 Å². The minimum Gasteiger partial charge on any atom is -0.398 e. The summed E-state index contributed by atoms with van der Waals surface area (Å²) in [5.74, 6) is 0.359. The number of nitrogens with one attached hydrogen (secondary N) is 1. The molecule has 0 fully saturated rings. The van der Waals surface area contributed by atoms with Gasteiger partial charge in [-0.1, -0.05) is 12.1 Å². The first-order chi connectivity index (χ1) is 9.95. The van der Waals surface area contributed by atoms with Gasteiger partial charge < -0.3 is 11.1 Å². The van der Waals surface area contributed by atoms with Gasteiger partial charge in [-0.05, 0) is 61.7 Å². The average Bonchev–Trinajstić information content (AvgIpc) is 2.44. The summed E-state index contributed by atoms with van der Waals surface area (Å²) in [7, 11) is 0. The standard InChI is InChI=1S/C17H20N2OS/c1-11-5-7-15(8-13(11)3)21-10-17(20)19-14-6-4-12(2)16(18)9-14/h4-9H,10,18H2,1-3H3,(H,19,20). The van der Waals surface area contributed by atoms with Gasteiger partial charge in [0.15, 0.2) is 0 Å². The van der Waals surface area contributed by atoms with Crippen LogP contribution >= 0.6 is 11.8 Å². The van der Waals surface area contributed by atoms with Crippen LogP contribution in [0.25, 0.3) is 0 Å². The number of nitrogen functional groups attached to an aromatic ring is 1. The van der Waals surface area contributed by atoms with Gasteiger partial charge in [-0.25, -0.2) is 0 Å².